The molecule has 0 saturated heterocycles. The Bertz CT molecular complexity index is 931. The van der Waals surface area contributed by atoms with Gasteiger partial charge in [-0.3, -0.25) is 14.5 Å². The quantitative estimate of drug-likeness (QED) is 0.287. The van der Waals surface area contributed by atoms with Gasteiger partial charge in [0.1, 0.15) is 5.75 Å². The molecular formula is C22H24N2O5. The zero-order chi connectivity index (χ0) is 20.8. The number of imide groups is 1. The van der Waals surface area contributed by atoms with Crippen LogP contribution in [0.25, 0.3) is 10.8 Å². The number of carbonyl (C=O) groups excluding carboxylic acids is 3. The van der Waals surface area contributed by atoms with Crippen molar-refractivity contribution < 1.29 is 23.9 Å². The smallest absolute Gasteiger partial charge is 0.330 e. The van der Waals surface area contributed by atoms with Crippen molar-refractivity contribution in [2.75, 3.05) is 26.3 Å². The maximum atomic E-state index is 12.7. The highest BCUT2D eigenvalue weighted by Crippen LogP contribution is 2.35. The van der Waals surface area contributed by atoms with Gasteiger partial charge in [-0.2, -0.15) is 0 Å². The van der Waals surface area contributed by atoms with Crippen molar-refractivity contribution >= 4 is 28.6 Å². The molecule has 7 heteroatoms. The molecule has 0 unspecified atom stereocenters. The van der Waals surface area contributed by atoms with Crippen LogP contribution >= 0.6 is 0 Å². The minimum atomic E-state index is -0.417. The van der Waals surface area contributed by atoms with Crippen molar-refractivity contribution in [1.29, 1.82) is 0 Å². The molecule has 2 aromatic rings. The number of nitrogens with zero attached hydrogens (tertiary/aromatic N) is 1. The zero-order valence-corrected chi connectivity index (χ0v) is 16.2. The number of nitrogens with two attached hydrogens (primary N) is 1. The lowest BCUT2D eigenvalue weighted by Crippen LogP contribution is -2.43. The molecular weight excluding hydrogens is 372 g/mol. The molecule has 0 spiro atoms. The first-order chi connectivity index (χ1) is 14.1. The Morgan fingerprint density at radius 1 is 1.03 bits per heavy atom. The molecule has 0 aromatic heterocycles. The molecule has 1 aliphatic rings. The van der Waals surface area contributed by atoms with E-state index in [0.717, 1.165) is 30.7 Å². The predicted octanol–water partition coefficient (Wildman–Crippen LogP) is 2.67. The molecule has 152 valence electrons. The first-order valence-electron chi connectivity index (χ1n) is 9.62. The Balaban J connectivity index is 1.69. The topological polar surface area (TPSA) is 98.9 Å². The summed E-state index contributed by atoms with van der Waals surface area (Å²) in [6, 6.07) is 8.83. The van der Waals surface area contributed by atoms with Crippen molar-refractivity contribution in [3.8, 4) is 5.75 Å². The highest BCUT2D eigenvalue weighted by atomic mass is 16.5. The van der Waals surface area contributed by atoms with E-state index < -0.39 is 5.97 Å². The molecule has 2 aromatic carbocycles. The van der Waals surface area contributed by atoms with E-state index in [9.17, 15) is 14.4 Å². The molecule has 0 atom stereocenters. The molecule has 7 nitrogen and oxygen atoms in total. The Morgan fingerprint density at radius 3 is 2.48 bits per heavy atom. The number of carbonyl (C=O) groups is 3. The number of hydrogen-bond acceptors (Lipinski definition) is 6. The summed E-state index contributed by atoms with van der Waals surface area (Å²) >= 11 is 0. The van der Waals surface area contributed by atoms with Gasteiger partial charge in [0, 0.05) is 41.1 Å². The van der Waals surface area contributed by atoms with Crippen molar-refractivity contribution in [1.82, 2.24) is 4.90 Å². The normalized spacial score (nSPS) is 12.9. The van der Waals surface area contributed by atoms with Crippen LogP contribution in [0, 0.1) is 0 Å². The fraction of sp³-hybridized carbons (Fsp3) is 0.318. The van der Waals surface area contributed by atoms with E-state index in [-0.39, 0.29) is 24.9 Å². The Kier molecular flexibility index (Phi) is 6.61. The summed E-state index contributed by atoms with van der Waals surface area (Å²) in [7, 11) is 0. The van der Waals surface area contributed by atoms with Crippen molar-refractivity contribution in [3.05, 3.63) is 54.1 Å². The summed E-state index contributed by atoms with van der Waals surface area (Å²) < 4.78 is 10.8. The monoisotopic (exact) mass is 396 g/mol. The van der Waals surface area contributed by atoms with Crippen LogP contribution in [0.1, 0.15) is 40.0 Å². The van der Waals surface area contributed by atoms with Gasteiger partial charge in [0.25, 0.3) is 11.8 Å². The summed E-state index contributed by atoms with van der Waals surface area (Å²) in [5.41, 5.74) is 6.52. The standard InChI is InChI=1S/C22H24N2O5/c1-2-19(25)29-14-5-3-4-13-28-18-10-9-17-20-15(18)7-6-8-16(20)21(26)24(12-11-23)22(17)27/h2,6-10H,1,3-5,11-14,23H2. The summed E-state index contributed by atoms with van der Waals surface area (Å²) in [4.78, 5) is 37.6. The molecule has 2 amide bonds. The minimum absolute atomic E-state index is 0.188. The van der Waals surface area contributed by atoms with Crippen LogP contribution < -0.4 is 10.5 Å². The predicted molar refractivity (Wildman–Crippen MR) is 109 cm³/mol. The van der Waals surface area contributed by atoms with Gasteiger partial charge >= 0.3 is 5.97 Å². The van der Waals surface area contributed by atoms with E-state index >= 15 is 0 Å². The molecule has 0 fully saturated rings. The van der Waals surface area contributed by atoms with Crippen molar-refractivity contribution in [3.63, 3.8) is 0 Å². The third kappa shape index (κ3) is 4.30. The molecule has 3 rings (SSSR count). The van der Waals surface area contributed by atoms with Crippen LogP contribution in [-0.4, -0.2) is 49.0 Å². The van der Waals surface area contributed by atoms with Crippen LogP contribution in [0.5, 0.6) is 5.75 Å². The number of hydrogen-bond donors (Lipinski definition) is 1. The van der Waals surface area contributed by atoms with Gasteiger partial charge in [-0.15, -0.1) is 0 Å². The number of benzene rings is 2. The number of ether oxygens (including phenoxy) is 2. The van der Waals surface area contributed by atoms with Crippen LogP contribution in [0.4, 0.5) is 0 Å². The third-order valence-electron chi connectivity index (χ3n) is 4.76. The molecule has 2 N–H and O–H groups in total. The Morgan fingerprint density at radius 2 is 1.76 bits per heavy atom. The highest BCUT2D eigenvalue weighted by Gasteiger charge is 2.32. The van der Waals surface area contributed by atoms with Crippen LogP contribution in [-0.2, 0) is 9.53 Å². The second-order valence-corrected chi connectivity index (χ2v) is 6.67. The van der Waals surface area contributed by atoms with Gasteiger partial charge in [0.15, 0.2) is 0 Å². The fourth-order valence-electron chi connectivity index (χ4n) is 3.37. The molecule has 29 heavy (non-hydrogen) atoms. The first kappa shape index (κ1) is 20.5. The van der Waals surface area contributed by atoms with Gasteiger partial charge < -0.3 is 15.2 Å². The average molecular weight is 396 g/mol. The van der Waals surface area contributed by atoms with E-state index in [0.29, 0.717) is 35.5 Å². The lowest BCUT2D eigenvalue weighted by atomic mass is 9.93. The van der Waals surface area contributed by atoms with E-state index in [1.165, 1.54) is 4.90 Å². The molecule has 0 aliphatic carbocycles. The van der Waals surface area contributed by atoms with Gasteiger partial charge in [-0.1, -0.05) is 18.7 Å². The molecule has 0 saturated carbocycles. The SMILES string of the molecule is C=CC(=O)OCCCCCOc1ccc2c3c(cccc13)C(=O)N(CCN)C2=O. The van der Waals surface area contributed by atoms with E-state index in [4.69, 9.17) is 15.2 Å². The lowest BCUT2D eigenvalue weighted by Gasteiger charge is -2.27. The van der Waals surface area contributed by atoms with Crippen molar-refractivity contribution in [2.45, 2.75) is 19.3 Å². The Labute approximate surface area is 169 Å². The summed E-state index contributed by atoms with van der Waals surface area (Å²) in [5.74, 6) is -0.440. The van der Waals surface area contributed by atoms with E-state index in [1.54, 1.807) is 24.3 Å². The van der Waals surface area contributed by atoms with E-state index in [1.807, 2.05) is 6.07 Å². The molecule has 0 radical (unpaired) electrons. The third-order valence-corrected chi connectivity index (χ3v) is 4.76. The van der Waals surface area contributed by atoms with Gasteiger partial charge in [-0.25, -0.2) is 4.79 Å². The summed E-state index contributed by atoms with van der Waals surface area (Å²) in [5, 5.41) is 1.37. The van der Waals surface area contributed by atoms with Crippen LogP contribution in [0.2, 0.25) is 0 Å². The van der Waals surface area contributed by atoms with Crippen molar-refractivity contribution in [2.24, 2.45) is 5.73 Å². The summed E-state index contributed by atoms with van der Waals surface area (Å²) in [6.07, 6.45) is 3.52. The molecule has 1 heterocycles. The van der Waals surface area contributed by atoms with Crippen LogP contribution in [0.15, 0.2) is 43.0 Å². The van der Waals surface area contributed by atoms with Gasteiger partial charge in [0.05, 0.1) is 13.2 Å². The van der Waals surface area contributed by atoms with E-state index in [2.05, 4.69) is 6.58 Å². The molecule has 0 bridgehead atoms. The number of rotatable bonds is 10. The average Bonchev–Trinajstić information content (AvgIpc) is 2.74. The maximum Gasteiger partial charge on any atom is 0.330 e. The van der Waals surface area contributed by atoms with Gasteiger partial charge in [0.2, 0.25) is 0 Å². The Hall–Kier alpha value is -3.19. The number of unbranched alkanes of at least 4 members (excludes halogenated alkanes) is 2. The number of amides is 2. The summed E-state index contributed by atoms with van der Waals surface area (Å²) in [6.45, 7) is 4.59. The second kappa shape index (κ2) is 9.34. The highest BCUT2D eigenvalue weighted by molar-refractivity contribution is 6.26. The first-order valence-corrected chi connectivity index (χ1v) is 9.62. The maximum absolute atomic E-state index is 12.7. The van der Waals surface area contributed by atoms with Gasteiger partial charge in [-0.05, 0) is 37.5 Å². The minimum Gasteiger partial charge on any atom is -0.493 e. The zero-order valence-electron chi connectivity index (χ0n) is 16.2. The van der Waals surface area contributed by atoms with Crippen LogP contribution in [0.3, 0.4) is 0 Å². The molecule has 1 aliphatic heterocycles. The lowest BCUT2D eigenvalue weighted by molar-refractivity contribution is -0.137. The fourth-order valence-corrected chi connectivity index (χ4v) is 3.37. The second-order valence-electron chi connectivity index (χ2n) is 6.67. The largest absolute Gasteiger partial charge is 0.493 e. The number of esters is 1.